The molecule has 0 unspecified atom stereocenters. The molecule has 27 heavy (non-hydrogen) atoms. The minimum atomic E-state index is -0.137. The molecule has 0 fully saturated rings. The van der Waals surface area contributed by atoms with Crippen LogP contribution < -0.4 is 15.5 Å². The van der Waals surface area contributed by atoms with Crippen molar-refractivity contribution in [3.05, 3.63) is 52.7 Å². The lowest BCUT2D eigenvalue weighted by molar-refractivity contribution is -0.114. The highest BCUT2D eigenvalue weighted by molar-refractivity contribution is 5.96. The Bertz CT molecular complexity index is 792. The highest BCUT2D eigenvalue weighted by Crippen LogP contribution is 2.22. The Labute approximate surface area is 161 Å². The maximum absolute atomic E-state index is 12.4. The Kier molecular flexibility index (Phi) is 6.93. The summed E-state index contributed by atoms with van der Waals surface area (Å²) >= 11 is 0. The van der Waals surface area contributed by atoms with E-state index in [0.29, 0.717) is 17.9 Å². The number of aromatic nitrogens is 1. The van der Waals surface area contributed by atoms with E-state index in [2.05, 4.69) is 27.8 Å². The average Bonchev–Trinajstić information content (AvgIpc) is 2.62. The molecule has 0 aliphatic rings. The van der Waals surface area contributed by atoms with Crippen LogP contribution in [0.1, 0.15) is 40.4 Å². The molecular weight excluding hydrogens is 340 g/mol. The van der Waals surface area contributed by atoms with Crippen molar-refractivity contribution in [3.8, 4) is 0 Å². The second-order valence-corrected chi connectivity index (χ2v) is 6.84. The van der Waals surface area contributed by atoms with Crippen molar-refractivity contribution in [2.75, 3.05) is 30.4 Å². The second-order valence-electron chi connectivity index (χ2n) is 6.84. The third kappa shape index (κ3) is 5.54. The molecule has 0 bridgehead atoms. The third-order valence-corrected chi connectivity index (χ3v) is 4.26. The van der Waals surface area contributed by atoms with Gasteiger partial charge in [0, 0.05) is 25.5 Å². The van der Waals surface area contributed by atoms with Gasteiger partial charge in [0.25, 0.3) is 5.91 Å². The Morgan fingerprint density at radius 1 is 1.11 bits per heavy atom. The van der Waals surface area contributed by atoms with E-state index >= 15 is 0 Å². The minimum absolute atomic E-state index is 0.112. The number of carbonyl (C=O) groups is 2. The summed E-state index contributed by atoms with van der Waals surface area (Å²) in [6, 6.07) is 7.57. The summed E-state index contributed by atoms with van der Waals surface area (Å²) < 4.78 is 0. The molecule has 2 aromatic rings. The van der Waals surface area contributed by atoms with Crippen molar-refractivity contribution in [2.24, 2.45) is 0 Å². The number of benzene rings is 1. The molecule has 2 amide bonds. The summed E-state index contributed by atoms with van der Waals surface area (Å²) in [6.45, 7) is 8.82. The van der Waals surface area contributed by atoms with E-state index in [0.717, 1.165) is 23.2 Å². The zero-order chi connectivity index (χ0) is 20.0. The summed E-state index contributed by atoms with van der Waals surface area (Å²) in [7, 11) is 1.80. The molecular formula is C21H28N4O2. The summed E-state index contributed by atoms with van der Waals surface area (Å²) in [4.78, 5) is 30.4. The van der Waals surface area contributed by atoms with E-state index in [1.54, 1.807) is 24.1 Å². The summed E-state index contributed by atoms with van der Waals surface area (Å²) in [6.07, 6.45) is 2.41. The van der Waals surface area contributed by atoms with Gasteiger partial charge in [0.15, 0.2) is 0 Å². The summed E-state index contributed by atoms with van der Waals surface area (Å²) in [5.41, 5.74) is 4.63. The van der Waals surface area contributed by atoms with Crippen LogP contribution in [0.3, 0.4) is 0 Å². The molecule has 2 N–H and O–H groups in total. The first-order chi connectivity index (χ1) is 12.8. The quantitative estimate of drug-likeness (QED) is 0.787. The molecule has 0 spiro atoms. The molecule has 2 rings (SSSR count). The van der Waals surface area contributed by atoms with Crippen LogP contribution in [0, 0.1) is 20.8 Å². The fourth-order valence-electron chi connectivity index (χ4n) is 2.94. The molecule has 6 heteroatoms. The molecule has 0 saturated carbocycles. The van der Waals surface area contributed by atoms with E-state index in [9.17, 15) is 9.59 Å². The van der Waals surface area contributed by atoms with Crippen molar-refractivity contribution in [1.29, 1.82) is 0 Å². The average molecular weight is 368 g/mol. The number of hydrogen-bond acceptors (Lipinski definition) is 4. The van der Waals surface area contributed by atoms with E-state index < -0.39 is 0 Å². The zero-order valence-electron chi connectivity index (χ0n) is 16.7. The summed E-state index contributed by atoms with van der Waals surface area (Å²) in [5.74, 6) is 0.385. The van der Waals surface area contributed by atoms with Gasteiger partial charge in [0.05, 0.1) is 12.1 Å². The zero-order valence-corrected chi connectivity index (χ0v) is 16.7. The Balaban J connectivity index is 1.99. The van der Waals surface area contributed by atoms with Crippen molar-refractivity contribution in [1.82, 2.24) is 10.3 Å². The Morgan fingerprint density at radius 3 is 2.33 bits per heavy atom. The fourth-order valence-corrected chi connectivity index (χ4v) is 2.94. The first-order valence-electron chi connectivity index (χ1n) is 9.15. The number of anilines is 2. The number of nitrogens with zero attached hydrogens (tertiary/aromatic N) is 2. The number of amides is 2. The van der Waals surface area contributed by atoms with Crippen LogP contribution in [-0.4, -0.2) is 36.9 Å². The van der Waals surface area contributed by atoms with Crippen LogP contribution in [0.15, 0.2) is 30.5 Å². The standard InChI is InChI=1S/C21H28N4O2/c1-6-9-22-21(27)17-7-8-18(23-12-17)25(5)13-19(26)24-20-15(3)10-14(2)11-16(20)4/h7-8,10-12H,6,9,13H2,1-5H3,(H,22,27)(H,24,26). The van der Waals surface area contributed by atoms with Gasteiger partial charge in [-0.15, -0.1) is 0 Å². The second kappa shape index (κ2) is 9.16. The number of rotatable bonds is 7. The number of nitrogens with one attached hydrogen (secondary N) is 2. The molecule has 1 aromatic carbocycles. The smallest absolute Gasteiger partial charge is 0.252 e. The monoisotopic (exact) mass is 368 g/mol. The number of carbonyl (C=O) groups excluding carboxylic acids is 2. The first-order valence-corrected chi connectivity index (χ1v) is 9.15. The molecule has 0 aliphatic carbocycles. The van der Waals surface area contributed by atoms with Crippen LogP contribution in [0.4, 0.5) is 11.5 Å². The number of pyridine rings is 1. The van der Waals surface area contributed by atoms with E-state index in [4.69, 9.17) is 0 Å². The van der Waals surface area contributed by atoms with Crippen LogP contribution in [0.25, 0.3) is 0 Å². The van der Waals surface area contributed by atoms with Gasteiger partial charge in [0.2, 0.25) is 5.91 Å². The van der Waals surface area contributed by atoms with Crippen molar-refractivity contribution < 1.29 is 9.59 Å². The van der Waals surface area contributed by atoms with Gasteiger partial charge in [-0.2, -0.15) is 0 Å². The minimum Gasteiger partial charge on any atom is -0.352 e. The van der Waals surface area contributed by atoms with Crippen LogP contribution >= 0.6 is 0 Å². The van der Waals surface area contributed by atoms with Crippen molar-refractivity contribution in [3.63, 3.8) is 0 Å². The SMILES string of the molecule is CCCNC(=O)c1ccc(N(C)CC(=O)Nc2c(C)cc(C)cc2C)nc1. The molecule has 0 radical (unpaired) electrons. The molecule has 0 saturated heterocycles. The fraction of sp³-hybridized carbons (Fsp3) is 0.381. The molecule has 0 aliphatic heterocycles. The molecule has 144 valence electrons. The van der Waals surface area contributed by atoms with E-state index in [1.165, 1.54) is 11.8 Å². The predicted octanol–water partition coefficient (Wildman–Crippen LogP) is 3.22. The molecule has 1 aromatic heterocycles. The Morgan fingerprint density at radius 2 is 1.78 bits per heavy atom. The van der Waals surface area contributed by atoms with Crippen LogP contribution in [0.2, 0.25) is 0 Å². The van der Waals surface area contributed by atoms with Gasteiger partial charge in [-0.1, -0.05) is 24.6 Å². The van der Waals surface area contributed by atoms with Crippen molar-refractivity contribution in [2.45, 2.75) is 34.1 Å². The maximum atomic E-state index is 12.4. The topological polar surface area (TPSA) is 74.3 Å². The lowest BCUT2D eigenvalue weighted by atomic mass is 10.1. The lowest BCUT2D eigenvalue weighted by Crippen LogP contribution is -2.31. The number of likely N-dealkylation sites (N-methyl/N-ethyl adjacent to an activating group) is 1. The predicted molar refractivity (Wildman–Crippen MR) is 109 cm³/mol. The van der Waals surface area contributed by atoms with E-state index in [-0.39, 0.29) is 18.4 Å². The van der Waals surface area contributed by atoms with Gasteiger partial charge < -0.3 is 15.5 Å². The van der Waals surface area contributed by atoms with Gasteiger partial charge in [-0.3, -0.25) is 9.59 Å². The van der Waals surface area contributed by atoms with Crippen molar-refractivity contribution >= 4 is 23.3 Å². The van der Waals surface area contributed by atoms with Gasteiger partial charge in [-0.05, 0) is 50.5 Å². The lowest BCUT2D eigenvalue weighted by Gasteiger charge is -2.19. The first kappa shape index (κ1) is 20.4. The van der Waals surface area contributed by atoms with Gasteiger partial charge in [0.1, 0.15) is 5.82 Å². The van der Waals surface area contributed by atoms with Gasteiger partial charge in [-0.25, -0.2) is 4.98 Å². The number of aryl methyl sites for hydroxylation is 3. The third-order valence-electron chi connectivity index (χ3n) is 4.26. The highest BCUT2D eigenvalue weighted by Gasteiger charge is 2.13. The summed E-state index contributed by atoms with van der Waals surface area (Å²) in [5, 5.41) is 5.80. The van der Waals surface area contributed by atoms with E-state index in [1.807, 2.05) is 27.7 Å². The van der Waals surface area contributed by atoms with Crippen LogP contribution in [-0.2, 0) is 4.79 Å². The molecule has 6 nitrogen and oxygen atoms in total. The van der Waals surface area contributed by atoms with Gasteiger partial charge >= 0.3 is 0 Å². The number of hydrogen-bond donors (Lipinski definition) is 2. The Hall–Kier alpha value is -2.89. The maximum Gasteiger partial charge on any atom is 0.252 e. The molecule has 1 heterocycles. The molecule has 0 atom stereocenters. The normalized spacial score (nSPS) is 10.4. The van der Waals surface area contributed by atoms with Crippen LogP contribution in [0.5, 0.6) is 0 Å². The highest BCUT2D eigenvalue weighted by atomic mass is 16.2. The largest absolute Gasteiger partial charge is 0.352 e.